The molecule has 1 saturated heterocycles. The number of nitrogens with zero attached hydrogens (tertiary/aromatic N) is 2. The summed E-state index contributed by atoms with van der Waals surface area (Å²) in [7, 11) is 0. The second-order valence-electron chi connectivity index (χ2n) is 8.00. The van der Waals surface area contributed by atoms with Crippen LogP contribution in [0.15, 0.2) is 4.99 Å². The molecule has 0 aliphatic carbocycles. The van der Waals surface area contributed by atoms with Crippen LogP contribution in [0, 0.1) is 5.41 Å². The zero-order chi connectivity index (χ0) is 16.5. The minimum absolute atomic E-state index is 0.0362. The predicted octanol–water partition coefficient (Wildman–Crippen LogP) is 1.99. The van der Waals surface area contributed by atoms with Crippen LogP contribution >= 0.6 is 0 Å². The van der Waals surface area contributed by atoms with Crippen molar-refractivity contribution in [2.75, 3.05) is 19.6 Å². The van der Waals surface area contributed by atoms with E-state index < -0.39 is 0 Å². The highest BCUT2D eigenvalue weighted by molar-refractivity contribution is 5.86. The molecule has 1 amide bonds. The minimum Gasteiger partial charge on any atom is -0.356 e. The van der Waals surface area contributed by atoms with Gasteiger partial charge in [0.05, 0.1) is 0 Å². The maximum Gasteiger partial charge on any atom is 0.242 e. The van der Waals surface area contributed by atoms with Crippen molar-refractivity contribution >= 4 is 11.9 Å². The molecule has 1 aliphatic rings. The number of rotatable bonds is 3. The molecule has 0 atom stereocenters. The van der Waals surface area contributed by atoms with Crippen molar-refractivity contribution < 1.29 is 4.79 Å². The van der Waals surface area contributed by atoms with Crippen LogP contribution in [0.25, 0.3) is 0 Å². The standard InChI is InChI=1S/C16H32N4O/c1-9-17-13(18-10-12(21)19-14(2,3)4)20-11-15(5,6)16(20,7)8/h9-11H2,1-8H3,(H,17,18)(H,19,21). The third-order valence-corrected chi connectivity index (χ3v) is 4.36. The number of guanidine groups is 1. The van der Waals surface area contributed by atoms with Crippen LogP contribution in [-0.4, -0.2) is 47.5 Å². The van der Waals surface area contributed by atoms with Gasteiger partial charge in [-0.05, 0) is 41.5 Å². The van der Waals surface area contributed by atoms with Gasteiger partial charge in [0, 0.05) is 29.6 Å². The highest BCUT2D eigenvalue weighted by Gasteiger charge is 2.53. The number of hydrogen-bond donors (Lipinski definition) is 2. The average molecular weight is 296 g/mol. The van der Waals surface area contributed by atoms with E-state index in [-0.39, 0.29) is 28.9 Å². The Morgan fingerprint density at radius 3 is 2.19 bits per heavy atom. The first-order chi connectivity index (χ1) is 9.40. The van der Waals surface area contributed by atoms with Crippen molar-refractivity contribution in [2.45, 2.75) is 66.5 Å². The summed E-state index contributed by atoms with van der Waals surface area (Å²) in [6, 6.07) is 0. The topological polar surface area (TPSA) is 56.7 Å². The smallest absolute Gasteiger partial charge is 0.242 e. The molecule has 21 heavy (non-hydrogen) atoms. The molecule has 1 aliphatic heterocycles. The Kier molecular flexibility index (Phi) is 4.96. The zero-order valence-corrected chi connectivity index (χ0v) is 14.9. The molecule has 5 nitrogen and oxygen atoms in total. The lowest BCUT2D eigenvalue weighted by molar-refractivity contribution is -0.121. The summed E-state index contributed by atoms with van der Waals surface area (Å²) < 4.78 is 0. The van der Waals surface area contributed by atoms with Gasteiger partial charge in [-0.25, -0.2) is 4.99 Å². The lowest BCUT2D eigenvalue weighted by Crippen LogP contribution is -2.72. The van der Waals surface area contributed by atoms with E-state index in [9.17, 15) is 4.79 Å². The summed E-state index contributed by atoms with van der Waals surface area (Å²) >= 11 is 0. The van der Waals surface area contributed by atoms with E-state index in [4.69, 9.17) is 0 Å². The number of hydrogen-bond acceptors (Lipinski definition) is 2. The number of amides is 1. The molecule has 5 heteroatoms. The molecule has 0 aromatic heterocycles. The highest BCUT2D eigenvalue weighted by atomic mass is 16.2. The Labute approximate surface area is 129 Å². The van der Waals surface area contributed by atoms with E-state index >= 15 is 0 Å². The summed E-state index contributed by atoms with van der Waals surface area (Å²) in [6.45, 7) is 18.8. The Morgan fingerprint density at radius 2 is 1.81 bits per heavy atom. The van der Waals surface area contributed by atoms with Gasteiger partial charge < -0.3 is 15.5 Å². The fraction of sp³-hybridized carbons (Fsp3) is 0.875. The van der Waals surface area contributed by atoms with Gasteiger partial charge in [0.25, 0.3) is 0 Å². The summed E-state index contributed by atoms with van der Waals surface area (Å²) in [5.41, 5.74) is 0.0638. The van der Waals surface area contributed by atoms with E-state index in [2.05, 4.69) is 48.2 Å². The minimum atomic E-state index is -0.219. The van der Waals surface area contributed by atoms with Crippen LogP contribution in [0.1, 0.15) is 55.4 Å². The van der Waals surface area contributed by atoms with E-state index in [1.807, 2.05) is 27.7 Å². The van der Waals surface area contributed by atoms with Crippen molar-refractivity contribution in [1.29, 1.82) is 0 Å². The SMILES string of the molecule is CCNC(=NCC(=O)NC(C)(C)C)N1CC(C)(C)C1(C)C. The highest BCUT2D eigenvalue weighted by Crippen LogP contribution is 2.46. The quantitative estimate of drug-likeness (QED) is 0.618. The van der Waals surface area contributed by atoms with Gasteiger partial charge in [0.1, 0.15) is 6.54 Å². The van der Waals surface area contributed by atoms with Crippen molar-refractivity contribution in [3.63, 3.8) is 0 Å². The van der Waals surface area contributed by atoms with Crippen molar-refractivity contribution in [3.8, 4) is 0 Å². The fourth-order valence-corrected chi connectivity index (χ4v) is 2.40. The van der Waals surface area contributed by atoms with Gasteiger partial charge in [-0.3, -0.25) is 4.79 Å². The molecule has 0 unspecified atom stereocenters. The zero-order valence-electron chi connectivity index (χ0n) is 14.9. The molecule has 0 aromatic rings. The van der Waals surface area contributed by atoms with Crippen LogP contribution in [0.2, 0.25) is 0 Å². The second-order valence-corrected chi connectivity index (χ2v) is 8.00. The molecular formula is C16H32N4O. The predicted molar refractivity (Wildman–Crippen MR) is 88.4 cm³/mol. The number of carbonyl (C=O) groups is 1. The van der Waals surface area contributed by atoms with Gasteiger partial charge in [-0.1, -0.05) is 13.8 Å². The summed E-state index contributed by atoms with van der Waals surface area (Å²) in [4.78, 5) is 18.7. The summed E-state index contributed by atoms with van der Waals surface area (Å²) in [6.07, 6.45) is 0. The molecule has 0 spiro atoms. The number of likely N-dealkylation sites (tertiary alicyclic amines) is 1. The molecule has 2 N–H and O–H groups in total. The van der Waals surface area contributed by atoms with E-state index in [0.717, 1.165) is 19.0 Å². The molecule has 0 radical (unpaired) electrons. The van der Waals surface area contributed by atoms with Gasteiger partial charge >= 0.3 is 0 Å². The molecule has 1 rings (SSSR count). The molecule has 0 saturated carbocycles. The monoisotopic (exact) mass is 296 g/mol. The summed E-state index contributed by atoms with van der Waals surface area (Å²) in [5, 5.41) is 6.23. The van der Waals surface area contributed by atoms with Gasteiger partial charge in [0.15, 0.2) is 5.96 Å². The number of nitrogens with one attached hydrogen (secondary N) is 2. The lowest BCUT2D eigenvalue weighted by Gasteiger charge is -2.62. The Bertz CT molecular complexity index is 418. The van der Waals surface area contributed by atoms with Crippen LogP contribution < -0.4 is 10.6 Å². The van der Waals surface area contributed by atoms with E-state index in [1.54, 1.807) is 0 Å². The van der Waals surface area contributed by atoms with E-state index in [1.165, 1.54) is 0 Å². The maximum absolute atomic E-state index is 11.9. The average Bonchev–Trinajstić information content (AvgIpc) is 2.29. The van der Waals surface area contributed by atoms with Crippen LogP contribution in [0.3, 0.4) is 0 Å². The molecule has 1 fully saturated rings. The molecule has 0 bridgehead atoms. The van der Waals surface area contributed by atoms with Gasteiger partial charge in [-0.15, -0.1) is 0 Å². The van der Waals surface area contributed by atoms with Crippen molar-refractivity contribution in [3.05, 3.63) is 0 Å². The molecule has 0 aromatic carbocycles. The molecule has 1 heterocycles. The van der Waals surface area contributed by atoms with Crippen LogP contribution in [0.4, 0.5) is 0 Å². The first kappa shape index (κ1) is 17.8. The van der Waals surface area contributed by atoms with E-state index in [0.29, 0.717) is 0 Å². The van der Waals surface area contributed by atoms with Gasteiger partial charge in [-0.2, -0.15) is 0 Å². The normalized spacial score (nSPS) is 20.8. The Morgan fingerprint density at radius 1 is 1.24 bits per heavy atom. The van der Waals surface area contributed by atoms with Crippen molar-refractivity contribution in [2.24, 2.45) is 10.4 Å². The Hall–Kier alpha value is -1.26. The first-order valence-electron chi connectivity index (χ1n) is 7.78. The number of aliphatic imine (C=N–C) groups is 1. The maximum atomic E-state index is 11.9. The molecular weight excluding hydrogens is 264 g/mol. The summed E-state index contributed by atoms with van der Waals surface area (Å²) in [5.74, 6) is 0.779. The first-order valence-corrected chi connectivity index (χ1v) is 7.78. The third-order valence-electron chi connectivity index (χ3n) is 4.36. The van der Waals surface area contributed by atoms with Crippen LogP contribution in [0.5, 0.6) is 0 Å². The van der Waals surface area contributed by atoms with Crippen LogP contribution in [-0.2, 0) is 4.79 Å². The number of carbonyl (C=O) groups excluding carboxylic acids is 1. The second kappa shape index (κ2) is 5.85. The largest absolute Gasteiger partial charge is 0.356 e. The Balaban J connectivity index is 2.75. The third kappa shape index (κ3) is 4.11. The molecule has 122 valence electrons. The van der Waals surface area contributed by atoms with Gasteiger partial charge in [0.2, 0.25) is 5.91 Å². The van der Waals surface area contributed by atoms with Crippen molar-refractivity contribution in [1.82, 2.24) is 15.5 Å². The fourth-order valence-electron chi connectivity index (χ4n) is 2.40. The lowest BCUT2D eigenvalue weighted by atomic mass is 9.65.